The van der Waals surface area contributed by atoms with Crippen LogP contribution in [0.2, 0.25) is 0 Å². The molecule has 1 heterocycles. The van der Waals surface area contributed by atoms with Crippen molar-refractivity contribution in [3.05, 3.63) is 40.5 Å². The first-order chi connectivity index (χ1) is 8.20. The molecule has 0 aliphatic carbocycles. The van der Waals surface area contributed by atoms with Gasteiger partial charge >= 0.3 is 0 Å². The van der Waals surface area contributed by atoms with Crippen molar-refractivity contribution < 1.29 is 9.18 Å². The number of amides is 1. The Morgan fingerprint density at radius 2 is 2.41 bits per heavy atom. The average Bonchev–Trinajstić information content (AvgIpc) is 2.68. The van der Waals surface area contributed by atoms with Gasteiger partial charge in [-0.25, -0.2) is 4.39 Å². The molecule has 0 N–H and O–H groups in total. The average molecular weight is 234 g/mol. The lowest BCUT2D eigenvalue weighted by Crippen LogP contribution is -2.24. The number of rotatable bonds is 3. The summed E-state index contributed by atoms with van der Waals surface area (Å²) in [6.07, 6.45) is 0.343. The van der Waals surface area contributed by atoms with Crippen LogP contribution in [0.5, 0.6) is 0 Å². The second-order valence-corrected chi connectivity index (χ2v) is 3.97. The molecule has 1 aliphatic rings. The van der Waals surface area contributed by atoms with Gasteiger partial charge in [0, 0.05) is 30.1 Å². The van der Waals surface area contributed by atoms with Gasteiger partial charge in [0.1, 0.15) is 5.82 Å². The summed E-state index contributed by atoms with van der Waals surface area (Å²) in [5.41, 5.74) is 8.78. The van der Waals surface area contributed by atoms with Crippen LogP contribution in [0.3, 0.4) is 0 Å². The van der Waals surface area contributed by atoms with E-state index in [2.05, 4.69) is 10.0 Å². The lowest BCUT2D eigenvalue weighted by molar-refractivity contribution is -0.117. The van der Waals surface area contributed by atoms with Crippen molar-refractivity contribution in [2.24, 2.45) is 11.0 Å². The molecule has 1 aromatic rings. The van der Waals surface area contributed by atoms with Crippen molar-refractivity contribution in [3.8, 4) is 0 Å². The molecule has 6 heteroatoms. The van der Waals surface area contributed by atoms with Gasteiger partial charge in [0.05, 0.1) is 0 Å². The zero-order valence-corrected chi connectivity index (χ0v) is 9.08. The maximum atomic E-state index is 13.0. The highest BCUT2D eigenvalue weighted by molar-refractivity contribution is 5.95. The van der Waals surface area contributed by atoms with Crippen LogP contribution in [0.1, 0.15) is 6.42 Å². The minimum atomic E-state index is -0.367. The third kappa shape index (κ3) is 2.54. The largest absolute Gasteiger partial charge is 0.312 e. The fraction of sp³-hybridized carbons (Fsp3) is 0.364. The monoisotopic (exact) mass is 234 g/mol. The molecule has 88 valence electrons. The highest BCUT2D eigenvalue weighted by Crippen LogP contribution is 2.25. The van der Waals surface area contributed by atoms with Gasteiger partial charge in [0.25, 0.3) is 0 Å². The third-order valence-electron chi connectivity index (χ3n) is 2.73. The van der Waals surface area contributed by atoms with Gasteiger partial charge < -0.3 is 4.90 Å². The Kier molecular flexibility index (Phi) is 3.25. The summed E-state index contributed by atoms with van der Waals surface area (Å²) >= 11 is 0. The minimum absolute atomic E-state index is 0.0154. The van der Waals surface area contributed by atoms with Crippen LogP contribution >= 0.6 is 0 Å². The van der Waals surface area contributed by atoms with Crippen LogP contribution in [0.15, 0.2) is 29.4 Å². The molecule has 1 saturated heterocycles. The van der Waals surface area contributed by atoms with E-state index < -0.39 is 0 Å². The molecule has 5 nitrogen and oxygen atoms in total. The van der Waals surface area contributed by atoms with Crippen molar-refractivity contribution in [2.45, 2.75) is 6.42 Å². The van der Waals surface area contributed by atoms with Crippen LogP contribution in [0, 0.1) is 11.7 Å². The Morgan fingerprint density at radius 3 is 3.12 bits per heavy atom. The standard InChI is InChI=1S/C11H11FN4O/c12-9-2-1-3-10(5-9)16-7-8(4-11(16)17)6-14-15-13/h1-3,5,8H,4,6-7H2. The Morgan fingerprint density at radius 1 is 1.59 bits per heavy atom. The van der Waals surface area contributed by atoms with E-state index in [-0.39, 0.29) is 17.6 Å². The van der Waals surface area contributed by atoms with E-state index in [4.69, 9.17) is 5.53 Å². The highest BCUT2D eigenvalue weighted by atomic mass is 19.1. The number of nitrogens with zero attached hydrogens (tertiary/aromatic N) is 4. The maximum absolute atomic E-state index is 13.0. The summed E-state index contributed by atoms with van der Waals surface area (Å²) in [4.78, 5) is 15.9. The van der Waals surface area contributed by atoms with Gasteiger partial charge in [0.15, 0.2) is 0 Å². The second-order valence-electron chi connectivity index (χ2n) is 3.97. The number of hydrogen-bond acceptors (Lipinski definition) is 2. The molecule has 1 fully saturated rings. The fourth-order valence-electron chi connectivity index (χ4n) is 1.95. The van der Waals surface area contributed by atoms with Crippen molar-refractivity contribution in [1.82, 2.24) is 0 Å². The minimum Gasteiger partial charge on any atom is -0.312 e. The first-order valence-electron chi connectivity index (χ1n) is 5.27. The van der Waals surface area contributed by atoms with Gasteiger partial charge in [-0.1, -0.05) is 11.2 Å². The van der Waals surface area contributed by atoms with Crippen molar-refractivity contribution in [2.75, 3.05) is 18.0 Å². The lowest BCUT2D eigenvalue weighted by atomic mass is 10.1. The molecular weight excluding hydrogens is 223 g/mol. The Hall–Kier alpha value is -2.07. The van der Waals surface area contributed by atoms with Crippen molar-refractivity contribution in [1.29, 1.82) is 0 Å². The predicted octanol–water partition coefficient (Wildman–Crippen LogP) is 2.49. The van der Waals surface area contributed by atoms with Crippen LogP contribution in [-0.2, 0) is 4.79 Å². The zero-order valence-electron chi connectivity index (χ0n) is 9.08. The van der Waals surface area contributed by atoms with Crippen LogP contribution in [0.25, 0.3) is 10.4 Å². The molecule has 0 radical (unpaired) electrons. The van der Waals surface area contributed by atoms with Crippen LogP contribution < -0.4 is 4.90 Å². The Balaban J connectivity index is 2.12. The van der Waals surface area contributed by atoms with Gasteiger partial charge in [-0.2, -0.15) is 0 Å². The molecule has 1 amide bonds. The molecule has 1 aromatic carbocycles. The zero-order chi connectivity index (χ0) is 12.3. The topological polar surface area (TPSA) is 69.1 Å². The van der Waals surface area contributed by atoms with Gasteiger partial charge in [-0.15, -0.1) is 0 Å². The number of azide groups is 1. The number of carbonyl (C=O) groups excluding carboxylic acids is 1. The number of benzene rings is 1. The van der Waals surface area contributed by atoms with Crippen LogP contribution in [0.4, 0.5) is 10.1 Å². The van der Waals surface area contributed by atoms with Gasteiger partial charge in [-0.05, 0) is 29.6 Å². The molecular formula is C11H11FN4O. The molecule has 0 saturated carbocycles. The van der Waals surface area contributed by atoms with E-state index in [0.29, 0.717) is 25.2 Å². The Bertz CT molecular complexity index is 484. The molecule has 0 spiro atoms. The summed E-state index contributed by atoms with van der Waals surface area (Å²) in [5, 5.41) is 3.46. The fourth-order valence-corrected chi connectivity index (χ4v) is 1.95. The molecule has 17 heavy (non-hydrogen) atoms. The molecule has 0 bridgehead atoms. The van der Waals surface area contributed by atoms with E-state index in [9.17, 15) is 9.18 Å². The first-order valence-corrected chi connectivity index (χ1v) is 5.27. The van der Waals surface area contributed by atoms with E-state index in [0.717, 1.165) is 0 Å². The summed E-state index contributed by atoms with van der Waals surface area (Å²) in [7, 11) is 0. The smallest absolute Gasteiger partial charge is 0.227 e. The number of anilines is 1. The summed E-state index contributed by atoms with van der Waals surface area (Å²) < 4.78 is 13.0. The second kappa shape index (κ2) is 4.84. The van der Waals surface area contributed by atoms with E-state index in [1.165, 1.54) is 17.0 Å². The predicted molar refractivity (Wildman–Crippen MR) is 60.9 cm³/mol. The van der Waals surface area contributed by atoms with E-state index in [1.54, 1.807) is 12.1 Å². The first kappa shape index (κ1) is 11.4. The van der Waals surface area contributed by atoms with Gasteiger partial charge in [-0.3, -0.25) is 4.79 Å². The molecule has 2 rings (SSSR count). The highest BCUT2D eigenvalue weighted by Gasteiger charge is 2.30. The summed E-state index contributed by atoms with van der Waals surface area (Å²) in [6, 6.07) is 5.92. The molecule has 1 unspecified atom stereocenters. The maximum Gasteiger partial charge on any atom is 0.227 e. The SMILES string of the molecule is [N-]=[N+]=NCC1CC(=O)N(c2cccc(F)c2)C1. The van der Waals surface area contributed by atoms with E-state index >= 15 is 0 Å². The summed E-state index contributed by atoms with van der Waals surface area (Å²) in [5.74, 6) is -0.413. The third-order valence-corrected chi connectivity index (χ3v) is 2.73. The lowest BCUT2D eigenvalue weighted by Gasteiger charge is -2.16. The molecule has 1 atom stereocenters. The molecule has 1 aliphatic heterocycles. The van der Waals surface area contributed by atoms with E-state index in [1.807, 2.05) is 0 Å². The quantitative estimate of drug-likeness (QED) is 0.450. The number of halogens is 1. The van der Waals surface area contributed by atoms with Crippen LogP contribution in [-0.4, -0.2) is 19.0 Å². The Labute approximate surface area is 97.5 Å². The van der Waals surface area contributed by atoms with Crippen molar-refractivity contribution >= 4 is 11.6 Å². The van der Waals surface area contributed by atoms with Crippen molar-refractivity contribution in [3.63, 3.8) is 0 Å². The number of hydrogen-bond donors (Lipinski definition) is 0. The van der Waals surface area contributed by atoms with Gasteiger partial charge in [0.2, 0.25) is 5.91 Å². The molecule has 0 aromatic heterocycles. The normalized spacial score (nSPS) is 19.2. The summed E-state index contributed by atoms with van der Waals surface area (Å²) in [6.45, 7) is 0.773. The number of carbonyl (C=O) groups is 1.